The Morgan fingerprint density at radius 3 is 2.73 bits per heavy atom. The van der Waals surface area contributed by atoms with E-state index >= 15 is 0 Å². The van der Waals surface area contributed by atoms with Gasteiger partial charge in [-0.1, -0.05) is 6.07 Å². The van der Waals surface area contributed by atoms with Crippen LogP contribution >= 0.6 is 0 Å². The van der Waals surface area contributed by atoms with Crippen LogP contribution in [-0.2, 0) is 9.47 Å². The minimum Gasteiger partial charge on any atom is -0.465 e. The zero-order chi connectivity index (χ0) is 21.5. The van der Waals surface area contributed by atoms with Crippen LogP contribution in [0.4, 0.5) is 13.2 Å². The number of rotatable bonds is 4. The smallest absolute Gasteiger partial charge is 0.465 e. The number of hydrogen-bond donors (Lipinski definition) is 0. The lowest BCUT2D eigenvalue weighted by Gasteiger charge is -2.17. The van der Waals surface area contributed by atoms with Crippen molar-refractivity contribution in [2.45, 2.75) is 32.2 Å². The Labute approximate surface area is 170 Å². The van der Waals surface area contributed by atoms with Crippen LogP contribution in [0.15, 0.2) is 36.4 Å². The Bertz CT molecular complexity index is 1100. The number of nitrogens with zero attached hydrogens (tertiary/aromatic N) is 2. The fraction of sp³-hybridized carbons (Fsp3) is 0.333. The van der Waals surface area contributed by atoms with Crippen LogP contribution in [0.25, 0.3) is 16.7 Å². The molecule has 0 aliphatic carbocycles. The van der Waals surface area contributed by atoms with Gasteiger partial charge in [-0.2, -0.15) is 0 Å². The Kier molecular flexibility index (Phi) is 5.15. The third-order valence-electron chi connectivity index (χ3n) is 5.05. The SMILES string of the molecule is COC(=O)c1cccc(-n2c(C3CCCO3)nc3cc(OC(F)(F)F)ccc32)c1C. The summed E-state index contributed by atoms with van der Waals surface area (Å²) < 4.78 is 54.4. The highest BCUT2D eigenvalue weighted by Crippen LogP contribution is 2.36. The average Bonchev–Trinajstić information content (AvgIpc) is 3.33. The van der Waals surface area contributed by atoms with Crippen molar-refractivity contribution in [3.05, 3.63) is 53.3 Å². The van der Waals surface area contributed by atoms with Gasteiger partial charge in [0.25, 0.3) is 0 Å². The number of benzene rings is 2. The van der Waals surface area contributed by atoms with E-state index in [1.807, 2.05) is 10.6 Å². The summed E-state index contributed by atoms with van der Waals surface area (Å²) in [6.45, 7) is 2.37. The molecule has 1 fully saturated rings. The Balaban J connectivity index is 1.91. The number of fused-ring (bicyclic) bond motifs is 1. The molecule has 9 heteroatoms. The molecule has 30 heavy (non-hydrogen) atoms. The third kappa shape index (κ3) is 3.72. The first kappa shape index (κ1) is 20.2. The van der Waals surface area contributed by atoms with E-state index in [9.17, 15) is 18.0 Å². The van der Waals surface area contributed by atoms with Crippen LogP contribution in [-0.4, -0.2) is 35.6 Å². The Morgan fingerprint density at radius 2 is 2.07 bits per heavy atom. The maximum atomic E-state index is 12.6. The maximum Gasteiger partial charge on any atom is 0.573 e. The molecule has 1 atom stereocenters. The van der Waals surface area contributed by atoms with Crippen LogP contribution in [0.2, 0.25) is 0 Å². The van der Waals surface area contributed by atoms with Crippen LogP contribution in [0, 0.1) is 6.92 Å². The van der Waals surface area contributed by atoms with E-state index in [1.165, 1.54) is 25.3 Å². The number of carbonyl (C=O) groups is 1. The van der Waals surface area contributed by atoms with E-state index in [4.69, 9.17) is 9.47 Å². The van der Waals surface area contributed by atoms with Crippen molar-refractivity contribution in [2.24, 2.45) is 0 Å². The van der Waals surface area contributed by atoms with Crippen molar-refractivity contribution in [3.63, 3.8) is 0 Å². The second kappa shape index (κ2) is 7.64. The topological polar surface area (TPSA) is 62.6 Å². The largest absolute Gasteiger partial charge is 0.573 e. The number of halogens is 3. The summed E-state index contributed by atoms with van der Waals surface area (Å²) >= 11 is 0. The van der Waals surface area contributed by atoms with Gasteiger partial charge in [-0.15, -0.1) is 13.2 Å². The van der Waals surface area contributed by atoms with E-state index in [0.717, 1.165) is 12.8 Å². The molecule has 0 saturated carbocycles. The molecule has 0 amide bonds. The van der Waals surface area contributed by atoms with E-state index in [-0.39, 0.29) is 11.9 Å². The number of ether oxygens (including phenoxy) is 3. The van der Waals surface area contributed by atoms with Gasteiger partial charge in [0.05, 0.1) is 29.4 Å². The lowest BCUT2D eigenvalue weighted by atomic mass is 10.1. The predicted molar refractivity (Wildman–Crippen MR) is 102 cm³/mol. The molecule has 1 aliphatic heterocycles. The first-order valence-corrected chi connectivity index (χ1v) is 9.36. The molecular weight excluding hydrogens is 401 g/mol. The summed E-state index contributed by atoms with van der Waals surface area (Å²) in [5.41, 5.74) is 2.66. The van der Waals surface area contributed by atoms with E-state index in [1.54, 1.807) is 19.1 Å². The predicted octanol–water partition coefficient (Wildman–Crippen LogP) is 4.87. The van der Waals surface area contributed by atoms with Crippen molar-refractivity contribution in [2.75, 3.05) is 13.7 Å². The van der Waals surface area contributed by atoms with Crippen molar-refractivity contribution in [3.8, 4) is 11.4 Å². The molecule has 3 aromatic rings. The highest BCUT2D eigenvalue weighted by atomic mass is 19.4. The van der Waals surface area contributed by atoms with Gasteiger partial charge in [-0.05, 0) is 49.6 Å². The lowest BCUT2D eigenvalue weighted by Crippen LogP contribution is -2.17. The van der Waals surface area contributed by atoms with Gasteiger partial charge in [0.2, 0.25) is 0 Å². The molecule has 1 saturated heterocycles. The number of alkyl halides is 3. The van der Waals surface area contributed by atoms with E-state index in [2.05, 4.69) is 9.72 Å². The minimum atomic E-state index is -4.79. The summed E-state index contributed by atoms with van der Waals surface area (Å²) in [5.74, 6) is -0.256. The second-order valence-electron chi connectivity index (χ2n) is 6.95. The van der Waals surface area contributed by atoms with Gasteiger partial charge < -0.3 is 14.2 Å². The summed E-state index contributed by atoms with van der Waals surface area (Å²) in [6.07, 6.45) is -3.49. The number of hydrogen-bond acceptors (Lipinski definition) is 5. The Morgan fingerprint density at radius 1 is 1.27 bits per heavy atom. The monoisotopic (exact) mass is 420 g/mol. The molecule has 0 N–H and O–H groups in total. The highest BCUT2D eigenvalue weighted by molar-refractivity contribution is 5.92. The molecule has 2 aromatic carbocycles. The molecule has 0 spiro atoms. The summed E-state index contributed by atoms with van der Waals surface area (Å²) in [5, 5.41) is 0. The second-order valence-corrected chi connectivity index (χ2v) is 6.95. The molecule has 6 nitrogen and oxygen atoms in total. The normalized spacial score (nSPS) is 16.8. The molecule has 1 aliphatic rings. The van der Waals surface area contributed by atoms with Gasteiger partial charge in [-0.25, -0.2) is 9.78 Å². The van der Waals surface area contributed by atoms with Crippen molar-refractivity contribution in [1.29, 1.82) is 0 Å². The Hall–Kier alpha value is -3.07. The quantitative estimate of drug-likeness (QED) is 0.564. The highest BCUT2D eigenvalue weighted by Gasteiger charge is 2.32. The number of esters is 1. The molecular formula is C21H19F3N2O4. The van der Waals surface area contributed by atoms with Crippen LogP contribution in [0.1, 0.15) is 40.7 Å². The van der Waals surface area contributed by atoms with Crippen LogP contribution < -0.4 is 4.74 Å². The number of carbonyl (C=O) groups excluding carboxylic acids is 1. The first-order chi connectivity index (χ1) is 14.3. The zero-order valence-corrected chi connectivity index (χ0v) is 16.3. The standard InChI is InChI=1S/C21H19F3N2O4/c1-12-14(20(27)28-2)5-3-6-16(12)26-17-9-8-13(30-21(22,23)24)11-15(17)25-19(26)18-7-4-10-29-18/h3,5-6,8-9,11,18H,4,7,10H2,1-2H3. The molecule has 0 radical (unpaired) electrons. The van der Waals surface area contributed by atoms with E-state index in [0.29, 0.717) is 40.3 Å². The molecule has 158 valence electrons. The van der Waals surface area contributed by atoms with E-state index < -0.39 is 12.3 Å². The molecule has 1 aromatic heterocycles. The average molecular weight is 420 g/mol. The number of methoxy groups -OCH3 is 1. The molecule has 1 unspecified atom stereocenters. The van der Waals surface area contributed by atoms with Gasteiger partial charge in [0.1, 0.15) is 17.7 Å². The van der Waals surface area contributed by atoms with Gasteiger partial charge >= 0.3 is 12.3 Å². The maximum absolute atomic E-state index is 12.6. The van der Waals surface area contributed by atoms with Crippen LogP contribution in [0.3, 0.4) is 0 Å². The summed E-state index contributed by atoms with van der Waals surface area (Å²) in [6, 6.07) is 9.21. The number of aromatic nitrogens is 2. The molecule has 4 rings (SSSR count). The number of imidazole rings is 1. The lowest BCUT2D eigenvalue weighted by molar-refractivity contribution is -0.274. The minimum absolute atomic E-state index is 0.300. The fourth-order valence-electron chi connectivity index (χ4n) is 3.72. The van der Waals surface area contributed by atoms with Crippen LogP contribution in [0.5, 0.6) is 5.75 Å². The van der Waals surface area contributed by atoms with Gasteiger partial charge in [0.15, 0.2) is 0 Å². The van der Waals surface area contributed by atoms with Crippen molar-refractivity contribution >= 4 is 17.0 Å². The first-order valence-electron chi connectivity index (χ1n) is 9.36. The van der Waals surface area contributed by atoms with Crippen molar-refractivity contribution in [1.82, 2.24) is 9.55 Å². The third-order valence-corrected chi connectivity index (χ3v) is 5.05. The molecule has 2 heterocycles. The zero-order valence-electron chi connectivity index (χ0n) is 16.3. The fourth-order valence-corrected chi connectivity index (χ4v) is 3.72. The molecule has 0 bridgehead atoms. The van der Waals surface area contributed by atoms with Crippen molar-refractivity contribution < 1.29 is 32.2 Å². The van der Waals surface area contributed by atoms with Gasteiger partial charge in [-0.3, -0.25) is 4.57 Å². The van der Waals surface area contributed by atoms with Gasteiger partial charge in [0, 0.05) is 12.7 Å². The summed E-state index contributed by atoms with van der Waals surface area (Å²) in [4.78, 5) is 16.7. The summed E-state index contributed by atoms with van der Waals surface area (Å²) in [7, 11) is 1.31.